The summed E-state index contributed by atoms with van der Waals surface area (Å²) >= 11 is 0. The second kappa shape index (κ2) is 9.47. The Hall–Kier alpha value is -1.99. The van der Waals surface area contributed by atoms with Gasteiger partial charge in [0.15, 0.2) is 0 Å². The van der Waals surface area contributed by atoms with E-state index in [4.69, 9.17) is 9.47 Å². The summed E-state index contributed by atoms with van der Waals surface area (Å²) in [5.41, 5.74) is 1.14. The molecule has 0 radical (unpaired) electrons. The lowest BCUT2D eigenvalue weighted by Crippen LogP contribution is -2.49. The van der Waals surface area contributed by atoms with Crippen molar-refractivity contribution in [2.24, 2.45) is 0 Å². The Bertz CT molecular complexity index is 704. The molecule has 0 aromatic heterocycles. The Morgan fingerprint density at radius 2 is 1.93 bits per heavy atom. The maximum Gasteiger partial charge on any atom is 0.412 e. The number of nitrogens with zero attached hydrogens (tertiary/aromatic N) is 1. The van der Waals surface area contributed by atoms with Crippen molar-refractivity contribution in [2.45, 2.75) is 91.0 Å². The van der Waals surface area contributed by atoms with Crippen LogP contribution in [0.3, 0.4) is 0 Å². The van der Waals surface area contributed by atoms with Crippen molar-refractivity contribution in [1.29, 1.82) is 0 Å². The number of carbonyl (C=O) groups is 1. The van der Waals surface area contributed by atoms with Crippen LogP contribution < -0.4 is 0 Å². The topological polar surface area (TPSA) is 38.8 Å². The van der Waals surface area contributed by atoms with Gasteiger partial charge in [0, 0.05) is 12.0 Å². The first-order valence-electron chi connectivity index (χ1n) is 10.4. The van der Waals surface area contributed by atoms with Gasteiger partial charge in [0.2, 0.25) is 0 Å². The molecule has 1 saturated heterocycles. The largest absolute Gasteiger partial charge is 0.444 e. The molecule has 2 rings (SSSR count). The zero-order valence-electron chi connectivity index (χ0n) is 18.3. The van der Waals surface area contributed by atoms with Crippen LogP contribution in [0, 0.1) is 11.8 Å². The monoisotopic (exact) mass is 385 g/mol. The lowest BCUT2D eigenvalue weighted by Gasteiger charge is -2.34. The summed E-state index contributed by atoms with van der Waals surface area (Å²) < 4.78 is 11.4. The third kappa shape index (κ3) is 6.56. The van der Waals surface area contributed by atoms with E-state index in [9.17, 15) is 4.79 Å². The zero-order valence-corrected chi connectivity index (χ0v) is 18.3. The molecule has 1 atom stereocenters. The Morgan fingerprint density at radius 3 is 2.54 bits per heavy atom. The van der Waals surface area contributed by atoms with Crippen molar-refractivity contribution in [3.8, 4) is 11.8 Å². The van der Waals surface area contributed by atoms with Crippen molar-refractivity contribution < 1.29 is 14.3 Å². The van der Waals surface area contributed by atoms with Gasteiger partial charge in [0.25, 0.3) is 0 Å². The summed E-state index contributed by atoms with van der Waals surface area (Å²) in [5, 5.41) is 0. The van der Waals surface area contributed by atoms with Crippen molar-refractivity contribution in [2.75, 3.05) is 6.61 Å². The van der Waals surface area contributed by atoms with E-state index < -0.39 is 11.3 Å². The molecule has 1 aromatic carbocycles. The average Bonchev–Trinajstić information content (AvgIpc) is 2.89. The van der Waals surface area contributed by atoms with Crippen LogP contribution in [0.15, 0.2) is 24.3 Å². The fourth-order valence-corrected chi connectivity index (χ4v) is 3.32. The highest BCUT2D eigenvalue weighted by molar-refractivity contribution is 5.69. The maximum absolute atomic E-state index is 12.6. The number of rotatable bonds is 5. The number of aryl methyl sites for hydroxylation is 1. The van der Waals surface area contributed by atoms with Crippen LogP contribution in [0.5, 0.6) is 0 Å². The number of carbonyl (C=O) groups excluding carboxylic acids is 1. The van der Waals surface area contributed by atoms with E-state index in [-0.39, 0.29) is 12.1 Å². The molecule has 0 spiro atoms. The molecule has 0 aliphatic carbocycles. The molecular weight excluding hydrogens is 350 g/mol. The van der Waals surface area contributed by atoms with Crippen LogP contribution in [0.2, 0.25) is 0 Å². The number of benzene rings is 1. The van der Waals surface area contributed by atoms with E-state index in [2.05, 4.69) is 43.0 Å². The molecule has 0 saturated carbocycles. The Morgan fingerprint density at radius 1 is 1.25 bits per heavy atom. The summed E-state index contributed by atoms with van der Waals surface area (Å²) in [6, 6.07) is 8.37. The second-order valence-corrected chi connectivity index (χ2v) is 8.92. The average molecular weight is 386 g/mol. The SMILES string of the molecule is CCCCCc1ccc(C#CCC2COC(C)(C)N2C(=O)OC(C)(C)C)cc1. The quantitative estimate of drug-likeness (QED) is 0.494. The van der Waals surface area contributed by atoms with Gasteiger partial charge >= 0.3 is 6.09 Å². The summed E-state index contributed by atoms with van der Waals surface area (Å²) in [6.45, 7) is 12.1. The molecular formula is C24H35NO3. The summed E-state index contributed by atoms with van der Waals surface area (Å²) in [6.07, 6.45) is 5.08. The first-order valence-corrected chi connectivity index (χ1v) is 10.4. The van der Waals surface area contributed by atoms with Gasteiger partial charge in [-0.1, -0.05) is 43.7 Å². The molecule has 4 heteroatoms. The molecule has 1 amide bonds. The van der Waals surface area contributed by atoms with E-state index in [1.165, 1.54) is 24.8 Å². The third-order valence-electron chi connectivity index (χ3n) is 4.76. The van der Waals surface area contributed by atoms with Gasteiger partial charge in [0.1, 0.15) is 11.3 Å². The fraction of sp³-hybridized carbons (Fsp3) is 0.625. The van der Waals surface area contributed by atoms with E-state index in [0.717, 1.165) is 12.0 Å². The molecule has 1 heterocycles. The zero-order chi connectivity index (χ0) is 20.8. The van der Waals surface area contributed by atoms with Crippen LogP contribution in [-0.2, 0) is 15.9 Å². The van der Waals surface area contributed by atoms with E-state index in [1.54, 1.807) is 4.90 Å². The highest BCUT2D eigenvalue weighted by Crippen LogP contribution is 2.30. The van der Waals surface area contributed by atoms with Crippen molar-refractivity contribution in [3.05, 3.63) is 35.4 Å². The number of unbranched alkanes of at least 4 members (excludes halogenated alkanes) is 2. The minimum absolute atomic E-state index is 0.106. The molecule has 1 aliphatic heterocycles. The van der Waals surface area contributed by atoms with Gasteiger partial charge in [-0.15, -0.1) is 0 Å². The fourth-order valence-electron chi connectivity index (χ4n) is 3.32. The number of amides is 1. The van der Waals surface area contributed by atoms with Crippen LogP contribution in [0.25, 0.3) is 0 Å². The first-order chi connectivity index (χ1) is 13.1. The molecule has 1 fully saturated rings. The summed E-state index contributed by atoms with van der Waals surface area (Å²) in [5.74, 6) is 6.44. The van der Waals surface area contributed by atoms with Crippen LogP contribution in [0.4, 0.5) is 4.79 Å². The predicted molar refractivity (Wildman–Crippen MR) is 113 cm³/mol. The third-order valence-corrected chi connectivity index (χ3v) is 4.76. The van der Waals surface area contributed by atoms with E-state index >= 15 is 0 Å². The van der Waals surface area contributed by atoms with Crippen molar-refractivity contribution in [1.82, 2.24) is 4.90 Å². The number of hydrogen-bond donors (Lipinski definition) is 0. The Balaban J connectivity index is 1.98. The highest BCUT2D eigenvalue weighted by Gasteiger charge is 2.45. The molecule has 0 N–H and O–H groups in total. The summed E-state index contributed by atoms with van der Waals surface area (Å²) in [4.78, 5) is 14.3. The lowest BCUT2D eigenvalue weighted by atomic mass is 10.1. The number of ether oxygens (including phenoxy) is 2. The van der Waals surface area contributed by atoms with Crippen molar-refractivity contribution in [3.63, 3.8) is 0 Å². The molecule has 28 heavy (non-hydrogen) atoms. The molecule has 0 bridgehead atoms. The van der Waals surface area contributed by atoms with Gasteiger partial charge in [-0.2, -0.15) is 0 Å². The lowest BCUT2D eigenvalue weighted by molar-refractivity contribution is -0.0622. The van der Waals surface area contributed by atoms with Crippen LogP contribution >= 0.6 is 0 Å². The maximum atomic E-state index is 12.6. The Kier molecular flexibility index (Phi) is 7.55. The molecule has 154 valence electrons. The predicted octanol–water partition coefficient (Wildman–Crippen LogP) is 5.53. The standard InChI is InChI=1S/C24H35NO3/c1-7-8-9-11-19-14-16-20(17-15-19)12-10-13-21-18-27-24(5,6)25(21)22(26)28-23(2,3)4/h14-17,21H,7-9,11,13,18H2,1-6H3. The molecule has 1 unspecified atom stereocenters. The van der Waals surface area contributed by atoms with Gasteiger partial charge in [0.05, 0.1) is 12.6 Å². The van der Waals surface area contributed by atoms with Gasteiger partial charge < -0.3 is 9.47 Å². The van der Waals surface area contributed by atoms with E-state index in [0.29, 0.717) is 13.0 Å². The Labute approximate surface area is 170 Å². The first kappa shape index (κ1) is 22.3. The second-order valence-electron chi connectivity index (χ2n) is 8.92. The van der Waals surface area contributed by atoms with Crippen molar-refractivity contribution >= 4 is 6.09 Å². The smallest absolute Gasteiger partial charge is 0.412 e. The summed E-state index contributed by atoms with van der Waals surface area (Å²) in [7, 11) is 0. The highest BCUT2D eigenvalue weighted by atomic mass is 16.6. The normalized spacial score (nSPS) is 18.5. The minimum atomic E-state index is -0.686. The molecule has 1 aliphatic rings. The van der Waals surface area contributed by atoms with Crippen LogP contribution in [-0.4, -0.2) is 35.0 Å². The minimum Gasteiger partial charge on any atom is -0.444 e. The van der Waals surface area contributed by atoms with Crippen LogP contribution in [0.1, 0.15) is 78.4 Å². The molecule has 1 aromatic rings. The number of hydrogen-bond acceptors (Lipinski definition) is 3. The van der Waals surface area contributed by atoms with E-state index in [1.807, 2.05) is 34.6 Å². The molecule has 4 nitrogen and oxygen atoms in total. The van der Waals surface area contributed by atoms with Gasteiger partial charge in [-0.05, 0) is 65.2 Å². The van der Waals surface area contributed by atoms with Gasteiger partial charge in [-0.25, -0.2) is 4.79 Å². The van der Waals surface area contributed by atoms with Gasteiger partial charge in [-0.3, -0.25) is 4.90 Å².